The van der Waals surface area contributed by atoms with Gasteiger partial charge in [0.15, 0.2) is 11.5 Å². The smallest absolute Gasteiger partial charge is 0.199 e. The number of benzene rings is 3. The third-order valence-electron chi connectivity index (χ3n) is 10.2. The minimum Gasteiger partial charge on any atom is -0.871 e. The van der Waals surface area contributed by atoms with Gasteiger partial charge in [-0.2, -0.15) is 0 Å². The Kier molecular flexibility index (Phi) is 14.6. The summed E-state index contributed by atoms with van der Waals surface area (Å²) in [5.74, 6) is -3.33. The van der Waals surface area contributed by atoms with Crippen molar-refractivity contribution in [1.82, 2.24) is 0 Å². The maximum Gasteiger partial charge on any atom is 0.199 e. The summed E-state index contributed by atoms with van der Waals surface area (Å²) in [6.45, 7) is 12.8. The van der Waals surface area contributed by atoms with Crippen LogP contribution in [0.15, 0.2) is 90.2 Å². The molecule has 0 spiro atoms. The Morgan fingerprint density at radius 2 is 1.18 bits per heavy atom. The van der Waals surface area contributed by atoms with Crippen LogP contribution in [0, 0.1) is 0 Å². The summed E-state index contributed by atoms with van der Waals surface area (Å²) in [7, 11) is 0. The number of allylic oxidation sites excluding steroid dienone is 8. The van der Waals surface area contributed by atoms with Crippen molar-refractivity contribution < 1.29 is 34.9 Å². The summed E-state index contributed by atoms with van der Waals surface area (Å²) in [4.78, 5) is 15.8. The number of hydrogen-bond donors (Lipinski definition) is 4. The van der Waals surface area contributed by atoms with E-state index in [1.807, 2.05) is 36.4 Å². The number of carbonyl (C=O) groups is 1. The monoisotopic (exact) mass is 756 g/mol. The lowest BCUT2D eigenvalue weighted by molar-refractivity contribution is -0.527. The average Bonchev–Trinajstić information content (AvgIpc) is 3.19. The second-order valence-corrected chi connectivity index (χ2v) is 14.5. The molecule has 0 unspecified atom stereocenters. The van der Waals surface area contributed by atoms with Gasteiger partial charge in [0.25, 0.3) is 0 Å². The Balaban J connectivity index is 1.35. The largest absolute Gasteiger partial charge is 0.871 e. The lowest BCUT2D eigenvalue weighted by Crippen LogP contribution is -2.33. The molecule has 8 nitrogen and oxygen atoms in total. The van der Waals surface area contributed by atoms with Crippen LogP contribution < -0.4 is 20.4 Å². The molecule has 0 aromatic heterocycles. The second-order valence-electron chi connectivity index (χ2n) is 14.5. The zero-order valence-corrected chi connectivity index (χ0v) is 33.2. The first-order valence-corrected chi connectivity index (χ1v) is 20.1. The van der Waals surface area contributed by atoms with Crippen LogP contribution in [0.1, 0.15) is 95.8 Å². The van der Waals surface area contributed by atoms with Crippen molar-refractivity contribution in [2.24, 2.45) is 0 Å². The van der Waals surface area contributed by atoms with Crippen LogP contribution >= 0.6 is 0 Å². The van der Waals surface area contributed by atoms with Gasteiger partial charge < -0.3 is 30.4 Å². The predicted octanol–water partition coefficient (Wildman–Crippen LogP) is 7.48. The minimum absolute atomic E-state index is 0.284. The van der Waals surface area contributed by atoms with Crippen molar-refractivity contribution >= 4 is 46.6 Å². The van der Waals surface area contributed by atoms with Crippen LogP contribution in [0.4, 0.5) is 5.69 Å². The van der Waals surface area contributed by atoms with Gasteiger partial charge in [-0.1, -0.05) is 95.6 Å². The number of rotatable bonds is 17. The van der Waals surface area contributed by atoms with Gasteiger partial charge in [0, 0.05) is 54.9 Å². The molecule has 2 aliphatic rings. The first-order valence-electron chi connectivity index (χ1n) is 20.1. The SMILES string of the molecule is CCCCN(CCCC)c1ccc(/C=C/c2cc(O)c(C3=C([O-])C(=c4c(O)cc(=CC=C5C=CC(=[N+](CCCC)CCCC)C=C5)cc4O)C3=O)c(O)c2)cc1. The topological polar surface area (TPSA) is 127 Å². The summed E-state index contributed by atoms with van der Waals surface area (Å²) in [6, 6.07) is 13.7. The highest BCUT2D eigenvalue weighted by Gasteiger charge is 2.34. The highest BCUT2D eigenvalue weighted by Crippen LogP contribution is 2.44. The normalized spacial score (nSPS) is 13.9. The molecule has 0 saturated carbocycles. The lowest BCUT2D eigenvalue weighted by atomic mass is 9.81. The van der Waals surface area contributed by atoms with Gasteiger partial charge in [-0.15, -0.1) is 0 Å². The molecule has 8 heteroatoms. The number of phenols is 4. The van der Waals surface area contributed by atoms with Crippen LogP contribution in [0.5, 0.6) is 23.0 Å². The Labute approximate surface area is 331 Å². The van der Waals surface area contributed by atoms with E-state index in [0.29, 0.717) is 10.8 Å². The summed E-state index contributed by atoms with van der Waals surface area (Å²) in [5, 5.41) is 57.2. The van der Waals surface area contributed by atoms with Gasteiger partial charge in [0.2, 0.25) is 0 Å². The Morgan fingerprint density at radius 1 is 0.643 bits per heavy atom. The number of anilines is 1. The molecule has 0 fully saturated rings. The molecule has 0 saturated heterocycles. The first kappa shape index (κ1) is 41.4. The number of ketones is 1. The first-order chi connectivity index (χ1) is 27.1. The van der Waals surface area contributed by atoms with Crippen molar-refractivity contribution in [1.29, 1.82) is 0 Å². The van der Waals surface area contributed by atoms with Crippen molar-refractivity contribution in [3.63, 3.8) is 0 Å². The van der Waals surface area contributed by atoms with E-state index in [0.717, 1.165) is 88.7 Å². The molecular formula is C48H56N2O6. The second kappa shape index (κ2) is 19.7. The zero-order valence-electron chi connectivity index (χ0n) is 33.2. The van der Waals surface area contributed by atoms with E-state index < -0.39 is 45.7 Å². The van der Waals surface area contributed by atoms with Crippen LogP contribution in [-0.4, -0.2) is 62.7 Å². The van der Waals surface area contributed by atoms with E-state index in [4.69, 9.17) is 0 Å². The zero-order chi connectivity index (χ0) is 40.2. The molecule has 3 aromatic rings. The van der Waals surface area contributed by atoms with E-state index in [9.17, 15) is 30.3 Å². The average molecular weight is 757 g/mol. The van der Waals surface area contributed by atoms with E-state index in [1.54, 1.807) is 12.2 Å². The highest BCUT2D eigenvalue weighted by atomic mass is 16.3. The molecule has 3 aromatic carbocycles. The minimum atomic E-state index is -0.795. The van der Waals surface area contributed by atoms with Gasteiger partial charge >= 0.3 is 0 Å². The van der Waals surface area contributed by atoms with E-state index in [-0.39, 0.29) is 10.8 Å². The third kappa shape index (κ3) is 9.91. The van der Waals surface area contributed by atoms with Crippen molar-refractivity contribution in [3.8, 4) is 23.0 Å². The molecule has 2 aliphatic carbocycles. The van der Waals surface area contributed by atoms with Crippen LogP contribution in [-0.2, 0) is 4.79 Å². The fraction of sp³-hybridized carbons (Fsp3) is 0.333. The van der Waals surface area contributed by atoms with Crippen LogP contribution in [0.2, 0.25) is 0 Å². The van der Waals surface area contributed by atoms with Gasteiger partial charge in [-0.05, 0) is 83.3 Å². The molecule has 294 valence electrons. The number of Topliss-reactive ketones (excluding diaryl/α,β-unsaturated/α-hetero) is 1. The number of aromatic hydroxyl groups is 4. The fourth-order valence-electron chi connectivity index (χ4n) is 6.93. The van der Waals surface area contributed by atoms with Gasteiger partial charge in [0.1, 0.15) is 36.1 Å². The summed E-state index contributed by atoms with van der Waals surface area (Å²) >= 11 is 0. The molecule has 0 radical (unpaired) electrons. The number of carbonyl (C=O) groups excluding carboxylic acids is 1. The number of unbranched alkanes of at least 4 members (excludes halogenated alkanes) is 4. The fourth-order valence-corrected chi connectivity index (χ4v) is 6.93. The molecule has 56 heavy (non-hydrogen) atoms. The van der Waals surface area contributed by atoms with Crippen molar-refractivity contribution in [2.45, 2.75) is 79.1 Å². The van der Waals surface area contributed by atoms with Crippen LogP contribution in [0.3, 0.4) is 0 Å². The van der Waals surface area contributed by atoms with Crippen molar-refractivity contribution in [3.05, 3.63) is 117 Å². The molecule has 0 amide bonds. The maximum absolute atomic E-state index is 13.4. The molecule has 0 aliphatic heterocycles. The molecular weight excluding hydrogens is 701 g/mol. The number of phenolic OH excluding ortho intramolecular Hbond substituents is 4. The lowest BCUT2D eigenvalue weighted by Gasteiger charge is -2.31. The maximum atomic E-state index is 13.4. The van der Waals surface area contributed by atoms with E-state index >= 15 is 0 Å². The molecule has 0 atom stereocenters. The van der Waals surface area contributed by atoms with E-state index in [2.05, 4.69) is 61.5 Å². The van der Waals surface area contributed by atoms with Gasteiger partial charge in [0.05, 0.1) is 10.8 Å². The summed E-state index contributed by atoms with van der Waals surface area (Å²) in [5.41, 5.74) is 3.57. The Morgan fingerprint density at radius 3 is 1.70 bits per heavy atom. The summed E-state index contributed by atoms with van der Waals surface area (Å²) in [6.07, 6.45) is 24.5. The van der Waals surface area contributed by atoms with E-state index in [1.165, 1.54) is 35.7 Å². The molecule has 5 rings (SSSR count). The summed E-state index contributed by atoms with van der Waals surface area (Å²) < 4.78 is 2.41. The quantitative estimate of drug-likeness (QED) is 0.0832. The number of hydrogen-bond acceptors (Lipinski definition) is 7. The van der Waals surface area contributed by atoms with Crippen molar-refractivity contribution in [2.75, 3.05) is 31.1 Å². The molecule has 0 heterocycles. The van der Waals surface area contributed by atoms with Gasteiger partial charge in [-0.25, -0.2) is 4.58 Å². The number of nitrogens with zero attached hydrogens (tertiary/aromatic N) is 2. The van der Waals surface area contributed by atoms with Gasteiger partial charge in [-0.3, -0.25) is 4.79 Å². The standard InChI is InChI=1S/C48H56N2O6/c1-5-9-25-49(26-10-6-2)37-21-17-33(18-22-37)13-15-35-29-39(51)43(40(52)30-35)45-47(55)46(48(45)56)44-41(53)31-36(32-42(44)54)16-14-34-19-23-38(24-20-34)50(27-11-7-3)28-12-8-4/h13-24,29-32H,5-12,25-28H2,1-4H3,(H4,51,52,53,54,55,56)/b15-13+. The predicted molar refractivity (Wildman–Crippen MR) is 227 cm³/mol. The Hall–Kier alpha value is -5.76. The third-order valence-corrected chi connectivity index (χ3v) is 10.2. The van der Waals surface area contributed by atoms with Crippen LogP contribution in [0.25, 0.3) is 29.4 Å². The molecule has 0 bridgehead atoms. The highest BCUT2D eigenvalue weighted by molar-refractivity contribution is 6.52. The Bertz CT molecular complexity index is 2130. The molecule has 4 N–H and O–H groups in total.